The van der Waals surface area contributed by atoms with Crippen LogP contribution >= 0.6 is 6.72 Å². The van der Waals surface area contributed by atoms with Gasteiger partial charge in [0.15, 0.2) is 6.23 Å². The first-order valence-electron chi connectivity index (χ1n) is 8.39. The van der Waals surface area contributed by atoms with E-state index in [2.05, 4.69) is 4.98 Å². The van der Waals surface area contributed by atoms with E-state index in [0.717, 1.165) is 10.6 Å². The summed E-state index contributed by atoms with van der Waals surface area (Å²) in [5, 5.41) is 7.69. The van der Waals surface area contributed by atoms with Crippen molar-refractivity contribution in [1.29, 1.82) is 0 Å². The van der Waals surface area contributed by atoms with E-state index >= 15 is 0 Å². The molecule has 152 valence electrons. The second kappa shape index (κ2) is 8.93. The second-order valence-corrected chi connectivity index (χ2v) is 9.16. The summed E-state index contributed by atoms with van der Waals surface area (Å²) in [5.41, 5.74) is -1.41. The van der Waals surface area contributed by atoms with Gasteiger partial charge in [-0.2, -0.15) is 0 Å². The summed E-state index contributed by atoms with van der Waals surface area (Å²) < 4.78 is 22.9. The topological polar surface area (TPSA) is 132 Å². The maximum atomic E-state index is 12.1. The summed E-state index contributed by atoms with van der Waals surface area (Å²) in [6.45, 7) is -0.277. The molecule has 0 aromatic carbocycles. The van der Waals surface area contributed by atoms with Crippen molar-refractivity contribution in [2.75, 3.05) is 7.11 Å². The van der Waals surface area contributed by atoms with E-state index in [1.807, 2.05) is 6.92 Å². The van der Waals surface area contributed by atoms with Crippen molar-refractivity contribution in [1.82, 2.24) is 9.55 Å². The minimum absolute atomic E-state index is 0.398. The van der Waals surface area contributed by atoms with Crippen LogP contribution in [0.3, 0.4) is 0 Å². The molecular formula is C14H21B2N2O8PS. The quantitative estimate of drug-likeness (QED) is 0.346. The van der Waals surface area contributed by atoms with Crippen LogP contribution in [-0.2, 0) is 30.3 Å². The maximum absolute atomic E-state index is 12.1. The lowest BCUT2D eigenvalue weighted by Gasteiger charge is -2.33. The summed E-state index contributed by atoms with van der Waals surface area (Å²) in [6, 6.07) is 1.10. The summed E-state index contributed by atoms with van der Waals surface area (Å²) >= 11 is 5.03. The van der Waals surface area contributed by atoms with Gasteiger partial charge in [0.1, 0.15) is 34.0 Å². The molecule has 0 amide bonds. The Kier molecular flexibility index (Phi) is 7.49. The molecular weight excluding hydrogens is 409 g/mol. The number of nitrogens with zero attached hydrogens (tertiary/aromatic N) is 1. The Bertz CT molecular complexity index is 844. The first-order chi connectivity index (χ1) is 12.9. The zero-order valence-corrected chi connectivity index (χ0v) is 17.3. The molecule has 14 heteroatoms. The minimum atomic E-state index is -3.80. The third kappa shape index (κ3) is 5.43. The Hall–Kier alpha value is -0.780. The lowest BCUT2D eigenvalue weighted by atomic mass is 9.61. The summed E-state index contributed by atoms with van der Waals surface area (Å²) in [4.78, 5) is 35.9. The van der Waals surface area contributed by atoms with Crippen LogP contribution in [0, 0.1) is 0 Å². The lowest BCUT2D eigenvalue weighted by molar-refractivity contribution is -0.0790. The molecule has 10 nitrogen and oxygen atoms in total. The van der Waals surface area contributed by atoms with Gasteiger partial charge >= 0.3 is 12.4 Å². The van der Waals surface area contributed by atoms with E-state index in [0.29, 0.717) is 6.42 Å². The van der Waals surface area contributed by atoms with Crippen molar-refractivity contribution in [3.8, 4) is 0 Å². The van der Waals surface area contributed by atoms with Crippen molar-refractivity contribution >= 4 is 34.2 Å². The monoisotopic (exact) mass is 430 g/mol. The molecule has 1 aliphatic heterocycles. The Labute approximate surface area is 169 Å². The first kappa shape index (κ1) is 23.5. The van der Waals surface area contributed by atoms with E-state index < -0.39 is 54.0 Å². The van der Waals surface area contributed by atoms with Crippen LogP contribution in [0.4, 0.5) is 0 Å². The molecule has 0 spiro atoms. The van der Waals surface area contributed by atoms with Crippen LogP contribution in [0.1, 0.15) is 26.5 Å². The number of hydrogen-bond donors (Lipinski definition) is 3. The molecule has 2 heterocycles. The molecule has 1 fully saturated rings. The van der Waals surface area contributed by atoms with Gasteiger partial charge in [-0.3, -0.25) is 18.9 Å². The molecule has 0 aliphatic carbocycles. The predicted octanol–water partition coefficient (Wildman–Crippen LogP) is -1.15. The van der Waals surface area contributed by atoms with E-state index in [-0.39, 0.29) is 0 Å². The van der Waals surface area contributed by atoms with Crippen molar-refractivity contribution < 1.29 is 28.5 Å². The molecule has 6 unspecified atom stereocenters. The highest BCUT2D eigenvalue weighted by atomic mass is 32.5. The number of hydrogen-bond acceptors (Lipinski definition) is 8. The van der Waals surface area contributed by atoms with E-state index in [1.54, 1.807) is 6.92 Å². The number of rotatable bonds is 8. The van der Waals surface area contributed by atoms with Crippen LogP contribution < -0.4 is 11.2 Å². The smallest absolute Gasteiger partial charge is 0.330 e. The number of nitrogens with one attached hydrogen (secondary N) is 1. The Morgan fingerprint density at radius 3 is 2.61 bits per heavy atom. The fourth-order valence-electron chi connectivity index (χ4n) is 2.71. The molecule has 3 N–H and O–H groups in total. The highest BCUT2D eigenvalue weighted by molar-refractivity contribution is 8.07. The summed E-state index contributed by atoms with van der Waals surface area (Å²) in [6.07, 6.45) is -3.67. The van der Waals surface area contributed by atoms with Gasteiger partial charge in [-0.1, -0.05) is 6.92 Å². The maximum Gasteiger partial charge on any atom is 0.330 e. The molecule has 1 aliphatic rings. The van der Waals surface area contributed by atoms with E-state index in [9.17, 15) is 19.6 Å². The summed E-state index contributed by atoms with van der Waals surface area (Å²) in [7, 11) is 12.5. The van der Waals surface area contributed by atoms with E-state index in [4.69, 9.17) is 46.0 Å². The Balaban J connectivity index is 2.42. The molecule has 0 saturated carbocycles. The van der Waals surface area contributed by atoms with Crippen molar-refractivity contribution in [2.45, 2.75) is 56.3 Å². The third-order valence-electron chi connectivity index (χ3n) is 4.19. The van der Waals surface area contributed by atoms with Crippen molar-refractivity contribution in [2.24, 2.45) is 0 Å². The van der Waals surface area contributed by atoms with Crippen LogP contribution in [0.5, 0.6) is 0 Å². The summed E-state index contributed by atoms with van der Waals surface area (Å²) in [5.74, 6) is 0. The standard InChI is InChI=1S/C14H21B2N2O8PS/c1-4-7(2)25-27(22,28)26-9-10(23-3)12(24-11(9)14(15,16)21)18-6-5-8(19)17-13(18)20/h5-7,9-12,21H,4H2,1-3H3,(H,22,28)(H,17,19,20). The first-order valence-corrected chi connectivity index (χ1v) is 11.0. The lowest BCUT2D eigenvalue weighted by Crippen LogP contribution is -2.51. The highest BCUT2D eigenvalue weighted by Crippen LogP contribution is 2.51. The molecule has 4 radical (unpaired) electrons. The molecule has 2 rings (SSSR count). The predicted molar refractivity (Wildman–Crippen MR) is 105 cm³/mol. The zero-order chi connectivity index (χ0) is 21.3. The van der Waals surface area contributed by atoms with Crippen LogP contribution in [0.15, 0.2) is 21.9 Å². The second-order valence-electron chi connectivity index (χ2n) is 6.42. The van der Waals surface area contributed by atoms with Gasteiger partial charge in [0.2, 0.25) is 0 Å². The third-order valence-corrected chi connectivity index (χ3v) is 5.84. The van der Waals surface area contributed by atoms with Crippen LogP contribution in [0.2, 0.25) is 0 Å². The van der Waals surface area contributed by atoms with Gasteiger partial charge in [0.05, 0.1) is 6.10 Å². The van der Waals surface area contributed by atoms with Gasteiger partial charge in [-0.15, -0.1) is 0 Å². The number of methoxy groups -OCH3 is 1. The van der Waals surface area contributed by atoms with Crippen molar-refractivity contribution in [3.05, 3.63) is 33.1 Å². The zero-order valence-electron chi connectivity index (χ0n) is 15.5. The SMILES string of the molecule is [B]C([B])(O)C1OC(n2ccc(=O)[nH]c2=O)C(OC)C1OP(O)(=S)OC(C)CC. The number of H-pyrrole nitrogens is 1. The number of aromatic nitrogens is 2. The number of aromatic amines is 1. The van der Waals surface area contributed by atoms with Gasteiger partial charge < -0.3 is 24.0 Å². The number of aliphatic hydroxyl groups is 1. The van der Waals surface area contributed by atoms with E-state index in [1.165, 1.54) is 13.3 Å². The normalized spacial score (nSPS) is 28.8. The largest absolute Gasteiger partial charge is 0.406 e. The van der Waals surface area contributed by atoms with Gasteiger partial charge in [-0.25, -0.2) is 4.79 Å². The molecule has 1 saturated heterocycles. The fraction of sp³-hybridized carbons (Fsp3) is 0.714. The Morgan fingerprint density at radius 1 is 1.46 bits per heavy atom. The highest BCUT2D eigenvalue weighted by Gasteiger charge is 2.53. The van der Waals surface area contributed by atoms with Gasteiger partial charge in [0, 0.05) is 24.8 Å². The van der Waals surface area contributed by atoms with Crippen LogP contribution in [-0.4, -0.2) is 72.2 Å². The Morgan fingerprint density at radius 2 is 2.11 bits per heavy atom. The number of ether oxygens (including phenoxy) is 2. The fourth-order valence-corrected chi connectivity index (χ4v) is 4.64. The average Bonchev–Trinajstić information content (AvgIpc) is 2.91. The molecule has 1 aromatic rings. The molecule has 28 heavy (non-hydrogen) atoms. The van der Waals surface area contributed by atoms with Crippen molar-refractivity contribution in [3.63, 3.8) is 0 Å². The molecule has 6 atom stereocenters. The molecule has 0 bridgehead atoms. The minimum Gasteiger partial charge on any atom is -0.406 e. The molecule has 1 aromatic heterocycles. The van der Waals surface area contributed by atoms with Gasteiger partial charge in [0.25, 0.3) is 5.56 Å². The average molecular weight is 430 g/mol. The van der Waals surface area contributed by atoms with Gasteiger partial charge in [-0.05, 0) is 25.2 Å². The van der Waals surface area contributed by atoms with Crippen LogP contribution in [0.25, 0.3) is 0 Å².